The molecule has 1 aromatic heterocycles. The second-order valence-electron chi connectivity index (χ2n) is 3.12. The van der Waals surface area contributed by atoms with Gasteiger partial charge in [-0.05, 0) is 23.8 Å². The van der Waals surface area contributed by atoms with Gasteiger partial charge in [-0.2, -0.15) is 0 Å². The second-order valence-corrected chi connectivity index (χ2v) is 3.12. The first-order valence-electron chi connectivity index (χ1n) is 4.50. The lowest BCUT2D eigenvalue weighted by Crippen LogP contribution is -2.10. The van der Waals surface area contributed by atoms with E-state index in [1.165, 1.54) is 0 Å². The molecule has 0 fully saturated rings. The van der Waals surface area contributed by atoms with Gasteiger partial charge < -0.3 is 5.73 Å². The Bertz CT molecular complexity index is 480. The molecule has 2 aromatic rings. The summed E-state index contributed by atoms with van der Waals surface area (Å²) >= 11 is 0. The van der Waals surface area contributed by atoms with Crippen LogP contribution in [0.3, 0.4) is 0 Å². The first-order valence-corrected chi connectivity index (χ1v) is 4.50. The number of carbonyl (C=O) groups is 1. The van der Waals surface area contributed by atoms with E-state index in [9.17, 15) is 4.79 Å². The summed E-state index contributed by atoms with van der Waals surface area (Å²) in [5, 5.41) is 0. The summed E-state index contributed by atoms with van der Waals surface area (Å²) in [6.07, 6.45) is 4.39. The van der Waals surface area contributed by atoms with Gasteiger partial charge in [0.25, 0.3) is 0 Å². The van der Waals surface area contributed by atoms with Crippen molar-refractivity contribution in [3.05, 3.63) is 54.4 Å². The molecule has 0 saturated carbocycles. The molecule has 0 aliphatic rings. The minimum absolute atomic E-state index is 0.424. The van der Waals surface area contributed by atoms with Crippen LogP contribution in [0.15, 0.2) is 42.6 Å². The van der Waals surface area contributed by atoms with E-state index in [-0.39, 0.29) is 0 Å². The van der Waals surface area contributed by atoms with E-state index in [4.69, 9.17) is 5.73 Å². The van der Waals surface area contributed by atoms with Crippen LogP contribution in [0.4, 0.5) is 0 Å². The van der Waals surface area contributed by atoms with E-state index in [2.05, 4.69) is 11.2 Å². The van der Waals surface area contributed by atoms with Crippen LogP contribution >= 0.6 is 0 Å². The Morgan fingerprint density at radius 1 is 1.27 bits per heavy atom. The van der Waals surface area contributed by atoms with E-state index in [1.54, 1.807) is 30.5 Å². The molecule has 1 radical (unpaired) electrons. The predicted molar refractivity (Wildman–Crippen MR) is 57.0 cm³/mol. The summed E-state index contributed by atoms with van der Waals surface area (Å²) in [7, 11) is 0. The first-order chi connectivity index (χ1) is 7.27. The average molecular weight is 197 g/mol. The number of nitrogens with two attached hydrogens (primary N) is 1. The number of rotatable bonds is 2. The Labute approximate surface area is 87.6 Å². The van der Waals surface area contributed by atoms with Crippen LogP contribution in [-0.4, -0.2) is 10.9 Å². The van der Waals surface area contributed by atoms with Crippen LogP contribution in [0.5, 0.6) is 0 Å². The Kier molecular flexibility index (Phi) is 2.46. The van der Waals surface area contributed by atoms with Crippen molar-refractivity contribution in [1.82, 2.24) is 4.98 Å². The molecule has 0 atom stereocenters. The number of hydrogen-bond acceptors (Lipinski definition) is 2. The van der Waals surface area contributed by atoms with Crippen molar-refractivity contribution >= 4 is 5.91 Å². The molecule has 2 rings (SSSR count). The smallest absolute Gasteiger partial charge is 0.248 e. The summed E-state index contributed by atoms with van der Waals surface area (Å²) in [6.45, 7) is 0. The van der Waals surface area contributed by atoms with Crippen molar-refractivity contribution in [3.63, 3.8) is 0 Å². The highest BCUT2D eigenvalue weighted by molar-refractivity contribution is 5.94. The predicted octanol–water partition coefficient (Wildman–Crippen LogP) is 1.65. The van der Waals surface area contributed by atoms with Gasteiger partial charge in [0.05, 0.1) is 6.20 Å². The van der Waals surface area contributed by atoms with Gasteiger partial charge in [0.15, 0.2) is 0 Å². The molecule has 2 N–H and O–H groups in total. The fraction of sp³-hybridized carbons (Fsp3) is 0. The minimum atomic E-state index is -0.424. The number of pyridine rings is 1. The third kappa shape index (κ3) is 2.02. The van der Waals surface area contributed by atoms with Crippen molar-refractivity contribution in [2.45, 2.75) is 0 Å². The molecule has 1 amide bonds. The largest absolute Gasteiger partial charge is 0.366 e. The van der Waals surface area contributed by atoms with Crippen molar-refractivity contribution in [2.75, 3.05) is 0 Å². The fourth-order valence-electron chi connectivity index (χ4n) is 1.34. The molecule has 0 aliphatic heterocycles. The molecule has 3 nitrogen and oxygen atoms in total. The second kappa shape index (κ2) is 3.92. The first kappa shape index (κ1) is 9.40. The monoisotopic (exact) mass is 197 g/mol. The van der Waals surface area contributed by atoms with Crippen molar-refractivity contribution in [3.8, 4) is 11.1 Å². The zero-order valence-electron chi connectivity index (χ0n) is 7.97. The van der Waals surface area contributed by atoms with E-state index in [0.717, 1.165) is 11.1 Å². The molecule has 3 heteroatoms. The van der Waals surface area contributed by atoms with Gasteiger partial charge in [0, 0.05) is 17.3 Å². The highest BCUT2D eigenvalue weighted by atomic mass is 16.1. The quantitative estimate of drug-likeness (QED) is 0.795. The van der Waals surface area contributed by atoms with Crippen LogP contribution in [-0.2, 0) is 0 Å². The van der Waals surface area contributed by atoms with Gasteiger partial charge in [-0.15, -0.1) is 0 Å². The van der Waals surface area contributed by atoms with Gasteiger partial charge in [0.2, 0.25) is 5.91 Å². The lowest BCUT2D eigenvalue weighted by Gasteiger charge is -2.01. The summed E-state index contributed by atoms with van der Waals surface area (Å²) in [4.78, 5) is 14.9. The summed E-state index contributed by atoms with van der Waals surface area (Å²) in [5.74, 6) is -0.424. The number of primary amides is 1. The molecule has 0 saturated heterocycles. The Balaban J connectivity index is 2.46. The average Bonchev–Trinajstić information content (AvgIpc) is 2.30. The minimum Gasteiger partial charge on any atom is -0.366 e. The summed E-state index contributed by atoms with van der Waals surface area (Å²) in [5.41, 5.74) is 7.57. The van der Waals surface area contributed by atoms with Gasteiger partial charge >= 0.3 is 0 Å². The van der Waals surface area contributed by atoms with Crippen LogP contribution in [0.1, 0.15) is 10.4 Å². The van der Waals surface area contributed by atoms with Crippen LogP contribution in [0, 0.1) is 6.20 Å². The molecular formula is C12H9N2O. The molecule has 0 spiro atoms. The normalized spacial score (nSPS) is 9.87. The number of amides is 1. The van der Waals surface area contributed by atoms with Crippen LogP contribution in [0.2, 0.25) is 0 Å². The highest BCUT2D eigenvalue weighted by Crippen LogP contribution is 2.18. The van der Waals surface area contributed by atoms with E-state index < -0.39 is 5.91 Å². The lowest BCUT2D eigenvalue weighted by molar-refractivity contribution is 0.100. The van der Waals surface area contributed by atoms with E-state index in [0.29, 0.717) is 5.56 Å². The van der Waals surface area contributed by atoms with Gasteiger partial charge in [-0.25, -0.2) is 0 Å². The number of aromatic nitrogens is 1. The Hall–Kier alpha value is -2.16. The summed E-state index contributed by atoms with van der Waals surface area (Å²) in [6, 6.07) is 10.8. The number of benzene rings is 1. The topological polar surface area (TPSA) is 56.0 Å². The van der Waals surface area contributed by atoms with Gasteiger partial charge in [-0.3, -0.25) is 9.78 Å². The standard InChI is InChI=1S/C12H9N2O/c13-12(15)10-4-1-3-9(7-10)11-5-2-6-14-8-11/h1-5,7-8H,(H2,13,15). The number of hydrogen-bond donors (Lipinski definition) is 1. The fourth-order valence-corrected chi connectivity index (χ4v) is 1.34. The molecule has 1 heterocycles. The molecule has 0 unspecified atom stereocenters. The molecule has 0 aliphatic carbocycles. The lowest BCUT2D eigenvalue weighted by atomic mass is 10.0. The number of carbonyl (C=O) groups excluding carboxylic acids is 1. The maximum atomic E-state index is 11.0. The zero-order chi connectivity index (χ0) is 10.7. The van der Waals surface area contributed by atoms with E-state index in [1.807, 2.05) is 12.1 Å². The molecule has 0 bridgehead atoms. The SMILES string of the molecule is NC(=O)c1cccc(-c2cc[c]nc2)c1. The van der Waals surface area contributed by atoms with Crippen molar-refractivity contribution < 1.29 is 4.79 Å². The Morgan fingerprint density at radius 2 is 2.13 bits per heavy atom. The zero-order valence-corrected chi connectivity index (χ0v) is 7.97. The third-order valence-corrected chi connectivity index (χ3v) is 2.10. The molecular weight excluding hydrogens is 188 g/mol. The molecule has 15 heavy (non-hydrogen) atoms. The van der Waals surface area contributed by atoms with Crippen LogP contribution < -0.4 is 5.73 Å². The van der Waals surface area contributed by atoms with Crippen molar-refractivity contribution in [1.29, 1.82) is 0 Å². The molecule has 1 aromatic carbocycles. The van der Waals surface area contributed by atoms with Crippen molar-refractivity contribution in [2.24, 2.45) is 5.73 Å². The van der Waals surface area contributed by atoms with Crippen LogP contribution in [0.25, 0.3) is 11.1 Å². The molecule has 73 valence electrons. The number of nitrogens with zero attached hydrogens (tertiary/aromatic N) is 1. The summed E-state index contributed by atoms with van der Waals surface area (Å²) < 4.78 is 0. The third-order valence-electron chi connectivity index (χ3n) is 2.10. The maximum absolute atomic E-state index is 11.0. The van der Waals surface area contributed by atoms with Gasteiger partial charge in [-0.1, -0.05) is 18.2 Å². The Morgan fingerprint density at radius 3 is 2.80 bits per heavy atom. The maximum Gasteiger partial charge on any atom is 0.248 e. The van der Waals surface area contributed by atoms with E-state index >= 15 is 0 Å². The van der Waals surface area contributed by atoms with Gasteiger partial charge in [0.1, 0.15) is 0 Å². The highest BCUT2D eigenvalue weighted by Gasteiger charge is 2.02.